The Morgan fingerprint density at radius 1 is 1.17 bits per heavy atom. The van der Waals surface area contributed by atoms with Gasteiger partial charge in [-0.15, -0.1) is 0 Å². The molecule has 2 atom stereocenters. The molecule has 0 amide bonds. The third-order valence-corrected chi connectivity index (χ3v) is 5.92. The van der Waals surface area contributed by atoms with Crippen molar-refractivity contribution in [2.24, 2.45) is 16.6 Å². The molecule has 0 aromatic carbocycles. The molecule has 0 saturated carbocycles. The fourth-order valence-electron chi connectivity index (χ4n) is 4.14. The van der Waals surface area contributed by atoms with Gasteiger partial charge in [0.1, 0.15) is 5.82 Å². The minimum Gasteiger partial charge on any atom is -0.378 e. The van der Waals surface area contributed by atoms with Crippen LogP contribution in [0.5, 0.6) is 0 Å². The molecular weight excluding hydrogens is 362 g/mol. The van der Waals surface area contributed by atoms with Gasteiger partial charge >= 0.3 is 0 Å². The molecule has 0 bridgehead atoms. The van der Waals surface area contributed by atoms with Crippen molar-refractivity contribution in [3.8, 4) is 0 Å². The lowest BCUT2D eigenvalue weighted by Gasteiger charge is -2.32. The molecule has 2 aliphatic carbocycles. The highest BCUT2D eigenvalue weighted by molar-refractivity contribution is 5.66. The number of hydrogen-bond acceptors (Lipinski definition) is 6. The van der Waals surface area contributed by atoms with E-state index in [0.29, 0.717) is 6.54 Å². The lowest BCUT2D eigenvalue weighted by Crippen LogP contribution is -2.42. The highest BCUT2D eigenvalue weighted by Gasteiger charge is 2.22. The molecule has 0 radical (unpaired) electrons. The van der Waals surface area contributed by atoms with Gasteiger partial charge in [-0.25, -0.2) is 4.99 Å². The quantitative estimate of drug-likeness (QED) is 0.616. The molecule has 2 heterocycles. The van der Waals surface area contributed by atoms with Crippen LogP contribution >= 0.6 is 0 Å². The fourth-order valence-corrected chi connectivity index (χ4v) is 4.14. The molecule has 6 heteroatoms. The van der Waals surface area contributed by atoms with Gasteiger partial charge in [-0.1, -0.05) is 18.2 Å². The predicted octanol–water partition coefficient (Wildman–Crippen LogP) is 2.21. The van der Waals surface area contributed by atoms with Crippen LogP contribution in [0, 0.1) is 5.92 Å². The monoisotopic (exact) mass is 395 g/mol. The Morgan fingerprint density at radius 3 is 2.79 bits per heavy atom. The second-order valence-corrected chi connectivity index (χ2v) is 7.97. The SMILES string of the molecule is NCC1C=NC(NC2=CC=C(N3CCOCC3)CC2)=CC1NCC1=CCCC=C1. The van der Waals surface area contributed by atoms with Crippen molar-refractivity contribution < 1.29 is 4.74 Å². The fraction of sp³-hybridized carbons (Fsp3) is 0.522. The highest BCUT2D eigenvalue weighted by atomic mass is 16.5. The summed E-state index contributed by atoms with van der Waals surface area (Å²) < 4.78 is 5.46. The van der Waals surface area contributed by atoms with Crippen LogP contribution in [0.25, 0.3) is 0 Å². The molecule has 156 valence electrons. The summed E-state index contributed by atoms with van der Waals surface area (Å²) in [5, 5.41) is 7.17. The normalized spacial score (nSPS) is 27.1. The average molecular weight is 396 g/mol. The van der Waals surface area contributed by atoms with Crippen LogP contribution in [-0.2, 0) is 4.74 Å². The summed E-state index contributed by atoms with van der Waals surface area (Å²) in [5.74, 6) is 1.14. The number of hydrogen-bond donors (Lipinski definition) is 3. The van der Waals surface area contributed by atoms with Crippen molar-refractivity contribution in [3.63, 3.8) is 0 Å². The van der Waals surface area contributed by atoms with Gasteiger partial charge in [0.05, 0.1) is 13.2 Å². The molecule has 1 saturated heterocycles. The number of rotatable bonds is 7. The molecule has 4 aliphatic rings. The number of nitrogens with one attached hydrogen (secondary N) is 2. The van der Waals surface area contributed by atoms with Gasteiger partial charge < -0.3 is 26.0 Å². The van der Waals surface area contributed by atoms with E-state index in [1.165, 1.54) is 17.0 Å². The zero-order valence-corrected chi connectivity index (χ0v) is 17.1. The summed E-state index contributed by atoms with van der Waals surface area (Å²) in [6, 6.07) is 0.194. The Bertz CT molecular complexity index is 755. The molecule has 1 fully saturated rings. The lowest BCUT2D eigenvalue weighted by atomic mass is 9.97. The first-order valence-electron chi connectivity index (χ1n) is 10.9. The molecule has 4 N–H and O–H groups in total. The third kappa shape index (κ3) is 5.47. The Hall–Kier alpha value is -2.15. The van der Waals surface area contributed by atoms with Crippen molar-refractivity contribution in [2.75, 3.05) is 39.4 Å². The van der Waals surface area contributed by atoms with Crippen LogP contribution in [0.3, 0.4) is 0 Å². The Balaban J connectivity index is 1.36. The van der Waals surface area contributed by atoms with Gasteiger partial charge in [0.2, 0.25) is 0 Å². The standard InChI is InChI=1S/C23H33N5O/c24-15-19-17-26-23(14-22(19)25-16-18-4-2-1-3-5-18)27-20-6-8-21(9-7-20)28-10-12-29-13-11-28/h2,4-6,8,14,17,19,22,25,27H,1,3,7,9-13,15-16,24H2. The Morgan fingerprint density at radius 2 is 2.07 bits per heavy atom. The largest absolute Gasteiger partial charge is 0.378 e. The number of morpholine rings is 1. The van der Waals surface area contributed by atoms with Crippen LogP contribution in [0.1, 0.15) is 25.7 Å². The third-order valence-electron chi connectivity index (χ3n) is 5.92. The van der Waals surface area contributed by atoms with Crippen LogP contribution < -0.4 is 16.4 Å². The van der Waals surface area contributed by atoms with Gasteiger partial charge in [-0.2, -0.15) is 0 Å². The van der Waals surface area contributed by atoms with Crippen molar-refractivity contribution in [2.45, 2.75) is 31.7 Å². The zero-order chi connectivity index (χ0) is 19.9. The topological polar surface area (TPSA) is 74.9 Å². The maximum atomic E-state index is 5.98. The van der Waals surface area contributed by atoms with Crippen molar-refractivity contribution in [1.82, 2.24) is 15.5 Å². The van der Waals surface area contributed by atoms with Gasteiger partial charge in [0.15, 0.2) is 0 Å². The van der Waals surface area contributed by atoms with Crippen LogP contribution in [0.15, 0.2) is 64.2 Å². The number of allylic oxidation sites excluding steroid dienone is 6. The minimum absolute atomic E-state index is 0.194. The summed E-state index contributed by atoms with van der Waals surface area (Å²) in [6.07, 6.45) is 19.7. The first-order valence-corrected chi connectivity index (χ1v) is 10.9. The van der Waals surface area contributed by atoms with E-state index in [1.54, 1.807) is 0 Å². The molecule has 2 unspecified atom stereocenters. The van der Waals surface area contributed by atoms with Crippen LogP contribution in [0.2, 0.25) is 0 Å². The predicted molar refractivity (Wildman–Crippen MR) is 118 cm³/mol. The maximum absolute atomic E-state index is 5.98. The molecule has 0 aromatic heterocycles. The highest BCUT2D eigenvalue weighted by Crippen LogP contribution is 2.22. The molecule has 4 rings (SSSR count). The van der Waals surface area contributed by atoms with E-state index >= 15 is 0 Å². The molecule has 2 aliphatic heterocycles. The van der Waals surface area contributed by atoms with Crippen molar-refractivity contribution in [1.29, 1.82) is 0 Å². The van der Waals surface area contributed by atoms with Crippen LogP contribution in [-0.4, -0.2) is 56.5 Å². The Kier molecular flexibility index (Phi) is 6.98. The first kappa shape index (κ1) is 20.1. The van der Waals surface area contributed by atoms with Crippen LogP contribution in [0.4, 0.5) is 0 Å². The summed E-state index contributed by atoms with van der Waals surface area (Å²) in [5.41, 5.74) is 9.96. The molecular formula is C23H33N5O. The average Bonchev–Trinajstić information content (AvgIpc) is 2.80. The second kappa shape index (κ2) is 10.1. The molecule has 29 heavy (non-hydrogen) atoms. The number of ether oxygens (including phenoxy) is 1. The smallest absolute Gasteiger partial charge is 0.127 e. The van der Waals surface area contributed by atoms with Gasteiger partial charge in [-0.3, -0.25) is 0 Å². The van der Waals surface area contributed by atoms with E-state index in [1.807, 2.05) is 6.21 Å². The first-order chi connectivity index (χ1) is 14.3. The summed E-state index contributed by atoms with van der Waals surface area (Å²) in [7, 11) is 0. The number of aliphatic imine (C=N–C) groups is 1. The van der Waals surface area contributed by atoms with Gasteiger partial charge in [0, 0.05) is 55.7 Å². The molecule has 0 aromatic rings. The lowest BCUT2D eigenvalue weighted by molar-refractivity contribution is 0.0519. The number of nitrogens with zero attached hydrogens (tertiary/aromatic N) is 2. The van der Waals surface area contributed by atoms with E-state index in [4.69, 9.17) is 10.5 Å². The maximum Gasteiger partial charge on any atom is 0.127 e. The van der Waals surface area contributed by atoms with E-state index in [9.17, 15) is 0 Å². The van der Waals surface area contributed by atoms with Gasteiger partial charge in [-0.05, 0) is 49.5 Å². The minimum atomic E-state index is 0.194. The zero-order valence-electron chi connectivity index (χ0n) is 17.1. The summed E-state index contributed by atoms with van der Waals surface area (Å²) in [4.78, 5) is 7.06. The number of nitrogens with two attached hydrogens (primary N) is 1. The van der Waals surface area contributed by atoms with E-state index in [2.05, 4.69) is 57.0 Å². The van der Waals surface area contributed by atoms with E-state index < -0.39 is 0 Å². The summed E-state index contributed by atoms with van der Waals surface area (Å²) in [6.45, 7) is 5.11. The second-order valence-electron chi connectivity index (χ2n) is 7.97. The van der Waals surface area contributed by atoms with Crippen molar-refractivity contribution in [3.05, 3.63) is 59.2 Å². The Labute approximate surface area is 174 Å². The molecule has 6 nitrogen and oxygen atoms in total. The van der Waals surface area contributed by atoms with E-state index in [0.717, 1.165) is 64.4 Å². The van der Waals surface area contributed by atoms with Crippen molar-refractivity contribution >= 4 is 6.21 Å². The van der Waals surface area contributed by atoms with Gasteiger partial charge in [0.25, 0.3) is 0 Å². The van der Waals surface area contributed by atoms with E-state index in [-0.39, 0.29) is 12.0 Å². The summed E-state index contributed by atoms with van der Waals surface area (Å²) >= 11 is 0. The molecule has 0 spiro atoms.